The third-order valence-electron chi connectivity index (χ3n) is 5.17. The van der Waals surface area contributed by atoms with Crippen molar-refractivity contribution in [3.63, 3.8) is 0 Å². The molecule has 2 amide bonds. The smallest absolute Gasteiger partial charge is 0.321 e. The number of nitrogens with zero attached hydrogens (tertiary/aromatic N) is 2. The zero-order valence-corrected chi connectivity index (χ0v) is 14.1. The summed E-state index contributed by atoms with van der Waals surface area (Å²) in [7, 11) is 0. The second kappa shape index (κ2) is 6.84. The predicted molar refractivity (Wildman–Crippen MR) is 95.7 cm³/mol. The number of hydrogen-bond acceptors (Lipinski definition) is 2. The molecule has 2 aromatic rings. The van der Waals surface area contributed by atoms with E-state index in [-0.39, 0.29) is 11.8 Å². The summed E-state index contributed by atoms with van der Waals surface area (Å²) in [5.41, 5.74) is 1.84. The molecule has 4 nitrogen and oxygen atoms in total. The van der Waals surface area contributed by atoms with Gasteiger partial charge in [-0.1, -0.05) is 30.3 Å². The topological polar surface area (TPSA) is 35.6 Å². The third kappa shape index (κ3) is 3.66. The van der Waals surface area contributed by atoms with Gasteiger partial charge in [-0.3, -0.25) is 4.90 Å². The number of urea groups is 1. The molecule has 2 atom stereocenters. The van der Waals surface area contributed by atoms with Crippen LogP contribution in [-0.4, -0.2) is 42.0 Å². The van der Waals surface area contributed by atoms with Gasteiger partial charge in [0.25, 0.3) is 0 Å². The summed E-state index contributed by atoms with van der Waals surface area (Å²) in [6.45, 7) is 4.31. The van der Waals surface area contributed by atoms with Gasteiger partial charge in [0.2, 0.25) is 0 Å². The summed E-state index contributed by atoms with van der Waals surface area (Å²) in [5, 5.41) is 2.96. The van der Waals surface area contributed by atoms with Crippen molar-refractivity contribution >= 4 is 11.7 Å². The van der Waals surface area contributed by atoms with E-state index in [0.29, 0.717) is 11.8 Å². The van der Waals surface area contributed by atoms with E-state index in [9.17, 15) is 9.18 Å². The number of likely N-dealkylation sites (tertiary alicyclic amines) is 2. The fourth-order valence-electron chi connectivity index (χ4n) is 4.00. The maximum atomic E-state index is 13.3. The maximum Gasteiger partial charge on any atom is 0.321 e. The molecule has 2 heterocycles. The molecule has 2 fully saturated rings. The number of amides is 2. The number of carbonyl (C=O) groups excluding carboxylic acids is 1. The van der Waals surface area contributed by atoms with Gasteiger partial charge in [-0.15, -0.1) is 0 Å². The Balaban J connectivity index is 1.31. The van der Waals surface area contributed by atoms with Crippen LogP contribution in [0.15, 0.2) is 54.6 Å². The number of fused-ring (bicyclic) bond motifs is 1. The Labute approximate surface area is 147 Å². The number of benzene rings is 2. The van der Waals surface area contributed by atoms with Crippen molar-refractivity contribution < 1.29 is 9.18 Å². The van der Waals surface area contributed by atoms with Crippen LogP contribution >= 0.6 is 0 Å². The fourth-order valence-corrected chi connectivity index (χ4v) is 4.00. The molecule has 4 rings (SSSR count). The molecular weight excluding hydrogens is 317 g/mol. The van der Waals surface area contributed by atoms with Crippen LogP contribution in [0.4, 0.5) is 14.9 Å². The molecule has 2 aliphatic heterocycles. The molecule has 0 unspecified atom stereocenters. The summed E-state index contributed by atoms with van der Waals surface area (Å²) in [6, 6.07) is 16.4. The second-order valence-corrected chi connectivity index (χ2v) is 7.05. The van der Waals surface area contributed by atoms with Crippen LogP contribution < -0.4 is 5.32 Å². The Bertz CT molecular complexity index is 738. The van der Waals surface area contributed by atoms with Crippen molar-refractivity contribution in [2.75, 3.05) is 31.5 Å². The Morgan fingerprint density at radius 3 is 2.40 bits per heavy atom. The maximum absolute atomic E-state index is 13.3. The zero-order chi connectivity index (χ0) is 17.2. The van der Waals surface area contributed by atoms with Gasteiger partial charge >= 0.3 is 6.03 Å². The van der Waals surface area contributed by atoms with Gasteiger partial charge in [0.05, 0.1) is 0 Å². The first-order valence-electron chi connectivity index (χ1n) is 8.75. The van der Waals surface area contributed by atoms with Crippen molar-refractivity contribution in [2.24, 2.45) is 11.8 Å². The van der Waals surface area contributed by atoms with Gasteiger partial charge in [0, 0.05) is 38.4 Å². The van der Waals surface area contributed by atoms with E-state index in [1.54, 1.807) is 12.1 Å². The molecule has 1 N–H and O–H groups in total. The van der Waals surface area contributed by atoms with Crippen LogP contribution in [0.3, 0.4) is 0 Å². The molecule has 0 spiro atoms. The van der Waals surface area contributed by atoms with Crippen molar-refractivity contribution in [2.45, 2.75) is 6.54 Å². The van der Waals surface area contributed by atoms with Crippen LogP contribution in [-0.2, 0) is 6.54 Å². The number of para-hydroxylation sites is 1. The molecule has 0 aliphatic carbocycles. The molecule has 0 saturated carbocycles. The summed E-state index contributed by atoms with van der Waals surface area (Å²) < 4.78 is 13.3. The highest BCUT2D eigenvalue weighted by atomic mass is 19.1. The lowest BCUT2D eigenvalue weighted by molar-refractivity contribution is 0.212. The third-order valence-corrected chi connectivity index (χ3v) is 5.17. The SMILES string of the molecule is O=C(Nc1ccccc1)N1C[C@H]2CN(Cc3cccc(F)c3)C[C@@H]2C1. The van der Waals surface area contributed by atoms with Crippen molar-refractivity contribution in [3.05, 3.63) is 66.0 Å². The quantitative estimate of drug-likeness (QED) is 0.930. The number of rotatable bonds is 3. The molecule has 2 saturated heterocycles. The molecule has 130 valence electrons. The lowest BCUT2D eigenvalue weighted by Crippen LogP contribution is -2.36. The number of nitrogens with one attached hydrogen (secondary N) is 1. The highest BCUT2D eigenvalue weighted by molar-refractivity contribution is 5.89. The van der Waals surface area contributed by atoms with Crippen LogP contribution in [0.1, 0.15) is 5.56 Å². The molecule has 0 bridgehead atoms. The molecule has 25 heavy (non-hydrogen) atoms. The Hall–Kier alpha value is -2.40. The minimum atomic E-state index is -0.180. The number of anilines is 1. The largest absolute Gasteiger partial charge is 0.324 e. The van der Waals surface area contributed by atoms with E-state index in [0.717, 1.165) is 44.0 Å². The Morgan fingerprint density at radius 2 is 1.72 bits per heavy atom. The second-order valence-electron chi connectivity index (χ2n) is 7.05. The van der Waals surface area contributed by atoms with Gasteiger partial charge in [-0.05, 0) is 41.7 Å². The average molecular weight is 339 g/mol. The zero-order valence-electron chi connectivity index (χ0n) is 14.1. The highest BCUT2D eigenvalue weighted by Crippen LogP contribution is 2.32. The highest BCUT2D eigenvalue weighted by Gasteiger charge is 2.41. The van der Waals surface area contributed by atoms with Crippen molar-refractivity contribution in [3.8, 4) is 0 Å². The van der Waals surface area contributed by atoms with Gasteiger partial charge < -0.3 is 10.2 Å². The lowest BCUT2D eigenvalue weighted by atomic mass is 10.0. The van der Waals surface area contributed by atoms with Gasteiger partial charge in [-0.2, -0.15) is 0 Å². The van der Waals surface area contributed by atoms with Crippen LogP contribution in [0.25, 0.3) is 0 Å². The van der Waals surface area contributed by atoms with Gasteiger partial charge in [-0.25, -0.2) is 9.18 Å². The van der Waals surface area contributed by atoms with E-state index in [1.165, 1.54) is 6.07 Å². The minimum absolute atomic E-state index is 0.0164. The number of carbonyl (C=O) groups is 1. The average Bonchev–Trinajstić information content (AvgIpc) is 3.14. The normalized spacial score (nSPS) is 22.8. The Morgan fingerprint density at radius 1 is 1.00 bits per heavy atom. The molecule has 0 radical (unpaired) electrons. The summed E-state index contributed by atoms with van der Waals surface area (Å²) in [4.78, 5) is 16.7. The van der Waals surface area contributed by atoms with Gasteiger partial charge in [0.1, 0.15) is 5.82 Å². The standard InChI is InChI=1S/C20H22FN3O/c21-18-6-4-5-15(9-18)10-23-11-16-13-24(14-17(16)12-23)20(25)22-19-7-2-1-3-8-19/h1-9,16-17H,10-14H2,(H,22,25)/t16-,17-/m1/s1. The first-order valence-corrected chi connectivity index (χ1v) is 8.75. The summed E-state index contributed by atoms with van der Waals surface area (Å²) in [6.07, 6.45) is 0. The first kappa shape index (κ1) is 16.1. The summed E-state index contributed by atoms with van der Waals surface area (Å²) in [5.74, 6) is 0.839. The van der Waals surface area contributed by atoms with Gasteiger partial charge in [0.15, 0.2) is 0 Å². The fraction of sp³-hybridized carbons (Fsp3) is 0.350. The van der Waals surface area contributed by atoms with Crippen molar-refractivity contribution in [1.82, 2.24) is 9.80 Å². The summed E-state index contributed by atoms with van der Waals surface area (Å²) >= 11 is 0. The van der Waals surface area contributed by atoms with E-state index in [4.69, 9.17) is 0 Å². The van der Waals surface area contributed by atoms with E-state index >= 15 is 0 Å². The van der Waals surface area contributed by atoms with E-state index < -0.39 is 0 Å². The van der Waals surface area contributed by atoms with E-state index in [1.807, 2.05) is 41.3 Å². The van der Waals surface area contributed by atoms with Crippen LogP contribution in [0.2, 0.25) is 0 Å². The monoisotopic (exact) mass is 339 g/mol. The van der Waals surface area contributed by atoms with Crippen molar-refractivity contribution in [1.29, 1.82) is 0 Å². The first-order chi connectivity index (χ1) is 12.2. The lowest BCUT2D eigenvalue weighted by Gasteiger charge is -2.22. The molecule has 2 aromatic carbocycles. The number of hydrogen-bond donors (Lipinski definition) is 1. The van der Waals surface area contributed by atoms with E-state index in [2.05, 4.69) is 10.2 Å². The Kier molecular flexibility index (Phi) is 4.40. The predicted octanol–water partition coefficient (Wildman–Crippen LogP) is 3.42. The minimum Gasteiger partial charge on any atom is -0.324 e. The molecular formula is C20H22FN3O. The van der Waals surface area contributed by atoms with Crippen LogP contribution in [0, 0.1) is 17.7 Å². The molecule has 0 aromatic heterocycles. The van der Waals surface area contributed by atoms with Crippen LogP contribution in [0.5, 0.6) is 0 Å². The molecule has 5 heteroatoms. The number of halogens is 1. The molecule has 2 aliphatic rings.